The summed E-state index contributed by atoms with van der Waals surface area (Å²) in [4.78, 5) is 34.7. The third-order valence-electron chi connectivity index (χ3n) is 15.2. The van der Waals surface area contributed by atoms with Crippen LogP contribution in [0.1, 0.15) is 106 Å². The number of anilines is 1. The molecule has 9 rings (SSSR count). The van der Waals surface area contributed by atoms with E-state index in [-0.39, 0.29) is 52.6 Å². The van der Waals surface area contributed by atoms with E-state index in [4.69, 9.17) is 29.2 Å². The molecule has 2 aromatic heterocycles. The number of fused-ring (bicyclic) bond motifs is 5. The summed E-state index contributed by atoms with van der Waals surface area (Å²) in [5, 5.41) is 1.69. The number of ether oxygens (including phenoxy) is 3. The average Bonchev–Trinajstić information content (AvgIpc) is 3.93. The predicted octanol–water partition coefficient (Wildman–Crippen LogP) is 12.1. The fourth-order valence-electron chi connectivity index (χ4n) is 12.1. The van der Waals surface area contributed by atoms with E-state index in [1.165, 1.54) is 9.64 Å². The van der Waals surface area contributed by atoms with E-state index in [2.05, 4.69) is 110 Å². The monoisotopic (exact) mass is 1050 g/mol. The fourth-order valence-corrected chi connectivity index (χ4v) is 17.6. The zero-order valence-corrected chi connectivity index (χ0v) is 44.1. The van der Waals surface area contributed by atoms with Crippen LogP contribution in [0.3, 0.4) is 0 Å². The van der Waals surface area contributed by atoms with Gasteiger partial charge in [0, 0.05) is 40.4 Å². The number of hydrogen-bond acceptors (Lipinski definition) is 9. The van der Waals surface area contributed by atoms with Gasteiger partial charge in [-0.1, -0.05) is 83.9 Å². The summed E-state index contributed by atoms with van der Waals surface area (Å²) in [7, 11) is -2.26. The molecule has 4 saturated heterocycles. The summed E-state index contributed by atoms with van der Waals surface area (Å²) >= 11 is 2.31. The van der Waals surface area contributed by atoms with Crippen LogP contribution in [0.5, 0.6) is 6.01 Å². The molecule has 68 heavy (non-hydrogen) atoms. The van der Waals surface area contributed by atoms with Gasteiger partial charge in [0.1, 0.15) is 43.1 Å². The van der Waals surface area contributed by atoms with Crippen LogP contribution < -0.4 is 9.64 Å². The molecule has 4 aliphatic rings. The van der Waals surface area contributed by atoms with Gasteiger partial charge in [0.05, 0.1) is 41.3 Å². The number of carbonyl (C=O) groups excluding carboxylic acids is 1. The van der Waals surface area contributed by atoms with Gasteiger partial charge in [-0.2, -0.15) is 9.97 Å². The van der Waals surface area contributed by atoms with E-state index < -0.39 is 25.3 Å². The lowest BCUT2D eigenvalue weighted by Crippen LogP contribution is -2.57. The van der Waals surface area contributed by atoms with Crippen LogP contribution in [-0.4, -0.2) is 101 Å². The van der Waals surface area contributed by atoms with E-state index in [1.54, 1.807) is 18.3 Å². The Morgan fingerprint density at radius 1 is 0.941 bits per heavy atom. The summed E-state index contributed by atoms with van der Waals surface area (Å²) in [5.74, 6) is 2.77. The highest BCUT2D eigenvalue weighted by Gasteiger charge is 2.50. The normalized spacial score (nSPS) is 21.9. The third-order valence-corrected chi connectivity index (χ3v) is 22.2. The lowest BCUT2D eigenvalue weighted by Gasteiger charge is -2.42. The van der Waals surface area contributed by atoms with E-state index in [0.717, 1.165) is 56.1 Å². The molecule has 0 unspecified atom stereocenters. The van der Waals surface area contributed by atoms with Crippen molar-refractivity contribution in [1.82, 2.24) is 24.8 Å². The molecule has 14 heteroatoms. The van der Waals surface area contributed by atoms with Crippen LogP contribution in [0, 0.1) is 26.7 Å². The van der Waals surface area contributed by atoms with Crippen molar-refractivity contribution in [3.8, 4) is 28.7 Å². The Hall–Kier alpha value is -4.43. The molecular formula is C54H65F2IN6O4Si. The van der Waals surface area contributed by atoms with Crippen molar-refractivity contribution in [3.05, 3.63) is 87.1 Å². The standard InChI is InChI=1S/C54H65F2IN6O4Si/c1-33(2)68(34(3)4,35(5)6)25-22-42-45(55)21-16-37-12-10-13-43(46(37)42)48-47(56)49-44(27-58-48)50(61-28-39-19-20-40(29-61)63(39)52(64)67-53(7,8)9)60-51(59-49)66-32-54-23-11-24-62(54)30-41(26-54)65-31-36-14-17-38(57)18-15-36/h10,12-18,21,27,33-35,39-41H,11,19-20,23-24,26,28-32H2,1-9H3/t39-,40+,41-,54-/m0/s1. The highest BCUT2D eigenvalue weighted by molar-refractivity contribution is 14.1. The van der Waals surface area contributed by atoms with Crippen molar-refractivity contribution in [3.63, 3.8) is 0 Å². The lowest BCUT2D eigenvalue weighted by atomic mass is 9.94. The molecule has 0 saturated carbocycles. The topological polar surface area (TPSA) is 93.2 Å². The first kappa shape index (κ1) is 48.6. The number of amides is 1. The third kappa shape index (κ3) is 9.21. The number of benzene rings is 3. The van der Waals surface area contributed by atoms with Crippen LogP contribution in [0.2, 0.25) is 16.6 Å². The van der Waals surface area contributed by atoms with E-state index >= 15 is 8.78 Å². The van der Waals surface area contributed by atoms with Crippen molar-refractivity contribution < 1.29 is 27.8 Å². The van der Waals surface area contributed by atoms with Crippen molar-refractivity contribution in [2.75, 3.05) is 37.7 Å². The second-order valence-electron chi connectivity index (χ2n) is 21.5. The highest BCUT2D eigenvalue weighted by Crippen LogP contribution is 2.44. The SMILES string of the molecule is CC(C)[Si](C#Cc1c(F)ccc2cccc(-c3ncc4c(N5C[C@H]6CC[C@@H](C5)N6C(=O)OC(C)(C)C)nc(OC[C@@]56CCCN5C[C@@H](OCc5ccc(I)cc5)C6)nc4c3F)c12)(C(C)C)C(C)C. The van der Waals surface area contributed by atoms with E-state index in [1.807, 2.05) is 37.8 Å². The number of pyridine rings is 1. The molecule has 0 spiro atoms. The van der Waals surface area contributed by atoms with Crippen molar-refractivity contribution in [2.24, 2.45) is 0 Å². The van der Waals surface area contributed by atoms with Crippen molar-refractivity contribution in [2.45, 2.75) is 147 Å². The second kappa shape index (κ2) is 19.1. The zero-order valence-electron chi connectivity index (χ0n) is 41.0. The van der Waals surface area contributed by atoms with Gasteiger partial charge in [-0.3, -0.25) is 14.8 Å². The summed E-state index contributed by atoms with van der Waals surface area (Å²) < 4.78 is 54.3. The quantitative estimate of drug-likeness (QED) is 0.0728. The maximum absolute atomic E-state index is 17.8. The smallest absolute Gasteiger partial charge is 0.410 e. The average molecular weight is 1060 g/mol. The zero-order chi connectivity index (χ0) is 48.3. The molecule has 0 N–H and O–H groups in total. The second-order valence-corrected chi connectivity index (χ2v) is 28.3. The summed E-state index contributed by atoms with van der Waals surface area (Å²) in [5.41, 5.74) is 5.77. The van der Waals surface area contributed by atoms with Crippen LogP contribution in [0.15, 0.2) is 60.8 Å². The molecule has 0 radical (unpaired) electrons. The molecule has 3 aromatic carbocycles. The summed E-state index contributed by atoms with van der Waals surface area (Å²) in [6, 6.07) is 17.0. The molecule has 4 aliphatic heterocycles. The Bertz CT molecular complexity index is 2740. The summed E-state index contributed by atoms with van der Waals surface area (Å²) in [6.45, 7) is 22.6. The first-order valence-electron chi connectivity index (χ1n) is 24.5. The van der Waals surface area contributed by atoms with Gasteiger partial charge in [-0.05, 0) is 128 Å². The number of halogens is 3. The molecule has 4 atom stereocenters. The number of hydrogen-bond donors (Lipinski definition) is 0. The molecule has 360 valence electrons. The lowest BCUT2D eigenvalue weighted by molar-refractivity contribution is 0.0122. The number of nitrogens with zero attached hydrogens (tertiary/aromatic N) is 6. The minimum atomic E-state index is -2.26. The van der Waals surface area contributed by atoms with Crippen molar-refractivity contribution >= 4 is 64.3 Å². The molecular weight excluding hydrogens is 990 g/mol. The molecule has 0 aliphatic carbocycles. The number of rotatable bonds is 11. The number of aromatic nitrogens is 3. The molecule has 6 heterocycles. The van der Waals surface area contributed by atoms with E-state index in [9.17, 15) is 4.79 Å². The Morgan fingerprint density at radius 3 is 2.32 bits per heavy atom. The van der Waals surface area contributed by atoms with Gasteiger partial charge in [0.2, 0.25) is 0 Å². The van der Waals surface area contributed by atoms with Crippen LogP contribution in [-0.2, 0) is 16.1 Å². The molecule has 10 nitrogen and oxygen atoms in total. The highest BCUT2D eigenvalue weighted by atomic mass is 127. The van der Waals surface area contributed by atoms with Gasteiger partial charge in [0.25, 0.3) is 0 Å². The Morgan fingerprint density at radius 2 is 1.65 bits per heavy atom. The predicted molar refractivity (Wildman–Crippen MR) is 277 cm³/mol. The van der Waals surface area contributed by atoms with E-state index in [0.29, 0.717) is 65.1 Å². The summed E-state index contributed by atoms with van der Waals surface area (Å²) in [6.07, 6.45) is 5.75. The number of piperazine rings is 1. The van der Waals surface area contributed by atoms with Crippen LogP contribution in [0.4, 0.5) is 19.4 Å². The maximum Gasteiger partial charge on any atom is 0.410 e. The fraction of sp³-hybridized carbons (Fsp3) is 0.519. The van der Waals surface area contributed by atoms with Gasteiger partial charge >= 0.3 is 12.1 Å². The number of carbonyl (C=O) groups is 1. The maximum atomic E-state index is 17.8. The minimum Gasteiger partial charge on any atom is -0.461 e. The Kier molecular flexibility index (Phi) is 13.6. The Labute approximate surface area is 415 Å². The Balaban J connectivity index is 1.11. The largest absolute Gasteiger partial charge is 0.461 e. The first-order valence-corrected chi connectivity index (χ1v) is 27.8. The van der Waals surface area contributed by atoms with Crippen LogP contribution >= 0.6 is 22.6 Å². The van der Waals surface area contributed by atoms with Gasteiger partial charge in [-0.25, -0.2) is 13.6 Å². The molecule has 4 fully saturated rings. The van der Waals surface area contributed by atoms with Gasteiger partial charge in [-0.15, -0.1) is 5.54 Å². The van der Waals surface area contributed by atoms with Crippen LogP contribution in [0.25, 0.3) is 32.9 Å². The van der Waals surface area contributed by atoms with Crippen molar-refractivity contribution in [1.29, 1.82) is 0 Å². The molecule has 1 amide bonds. The van der Waals surface area contributed by atoms with Gasteiger partial charge < -0.3 is 19.1 Å². The molecule has 5 aromatic rings. The first-order chi connectivity index (χ1) is 32.4. The molecule has 2 bridgehead atoms. The van der Waals surface area contributed by atoms with Gasteiger partial charge in [0.15, 0.2) is 5.82 Å². The minimum absolute atomic E-state index is 0.0362.